The Kier molecular flexibility index (Phi) is 3.09. The first-order chi connectivity index (χ1) is 7.70. The number of carboxylic acids is 1. The molecular weight excluding hydrogens is 200 g/mol. The summed E-state index contributed by atoms with van der Waals surface area (Å²) in [6.45, 7) is 1.99. The second kappa shape index (κ2) is 4.52. The van der Waals surface area contributed by atoms with E-state index in [4.69, 9.17) is 5.11 Å². The van der Waals surface area contributed by atoms with E-state index in [9.17, 15) is 4.79 Å². The van der Waals surface area contributed by atoms with Crippen LogP contribution < -0.4 is 0 Å². The van der Waals surface area contributed by atoms with Crippen molar-refractivity contribution in [2.75, 3.05) is 0 Å². The summed E-state index contributed by atoms with van der Waals surface area (Å²) in [5.41, 5.74) is 3.37. The molecule has 0 bridgehead atoms. The van der Waals surface area contributed by atoms with Crippen molar-refractivity contribution in [1.82, 2.24) is 0 Å². The Bertz CT molecular complexity index is 428. The number of hydrogen-bond donors (Lipinski definition) is 1. The van der Waals surface area contributed by atoms with Crippen molar-refractivity contribution in [2.45, 2.75) is 32.1 Å². The molecule has 1 N–H and O–H groups in total. The smallest absolute Gasteiger partial charge is 0.307 e. The van der Waals surface area contributed by atoms with Gasteiger partial charge in [0.15, 0.2) is 0 Å². The Morgan fingerprint density at radius 2 is 2.25 bits per heavy atom. The Labute approximate surface area is 95.6 Å². The summed E-state index contributed by atoms with van der Waals surface area (Å²) in [4.78, 5) is 10.8. The molecule has 0 atom stereocenters. The lowest BCUT2D eigenvalue weighted by Gasteiger charge is -2.07. The van der Waals surface area contributed by atoms with Crippen LogP contribution in [0.3, 0.4) is 0 Å². The van der Waals surface area contributed by atoms with Gasteiger partial charge in [-0.15, -0.1) is 0 Å². The average molecular weight is 216 g/mol. The molecule has 0 saturated heterocycles. The van der Waals surface area contributed by atoms with Gasteiger partial charge in [0.2, 0.25) is 0 Å². The highest BCUT2D eigenvalue weighted by molar-refractivity contribution is 5.71. The first kappa shape index (κ1) is 10.9. The molecule has 1 aromatic rings. The van der Waals surface area contributed by atoms with Crippen molar-refractivity contribution in [2.24, 2.45) is 0 Å². The van der Waals surface area contributed by atoms with E-state index in [-0.39, 0.29) is 6.42 Å². The van der Waals surface area contributed by atoms with Crippen molar-refractivity contribution >= 4 is 12.0 Å². The standard InChI is InChI=1S/C14H16O2/c1-2-3-10-4-5-12(9-14(15)16)13(8-10)11-6-7-11/h2-5,8,11H,6-7,9H2,1H3,(H,15,16)/b3-2+. The number of carbonyl (C=O) groups is 1. The zero-order valence-corrected chi connectivity index (χ0v) is 9.44. The second-order valence-corrected chi connectivity index (χ2v) is 4.30. The molecule has 1 aromatic carbocycles. The third-order valence-corrected chi connectivity index (χ3v) is 2.89. The van der Waals surface area contributed by atoms with E-state index in [1.165, 1.54) is 24.0 Å². The third kappa shape index (κ3) is 2.51. The van der Waals surface area contributed by atoms with Gasteiger partial charge in [0.05, 0.1) is 6.42 Å². The van der Waals surface area contributed by atoms with Crippen molar-refractivity contribution in [3.05, 3.63) is 41.0 Å². The van der Waals surface area contributed by atoms with E-state index in [0.29, 0.717) is 5.92 Å². The lowest BCUT2D eigenvalue weighted by atomic mass is 9.98. The highest BCUT2D eigenvalue weighted by Gasteiger charge is 2.26. The Morgan fingerprint density at radius 3 is 2.81 bits per heavy atom. The van der Waals surface area contributed by atoms with E-state index in [2.05, 4.69) is 12.1 Å². The summed E-state index contributed by atoms with van der Waals surface area (Å²) < 4.78 is 0. The molecule has 0 aliphatic heterocycles. The van der Waals surface area contributed by atoms with E-state index in [1.807, 2.05) is 25.1 Å². The summed E-state index contributed by atoms with van der Waals surface area (Å²) in [7, 11) is 0. The van der Waals surface area contributed by atoms with Gasteiger partial charge in [-0.3, -0.25) is 4.79 Å². The van der Waals surface area contributed by atoms with Gasteiger partial charge in [0, 0.05) is 0 Å². The van der Waals surface area contributed by atoms with E-state index in [1.54, 1.807) is 0 Å². The maximum Gasteiger partial charge on any atom is 0.307 e. The lowest BCUT2D eigenvalue weighted by molar-refractivity contribution is -0.136. The molecule has 2 heteroatoms. The van der Waals surface area contributed by atoms with Crippen LogP contribution in [0, 0.1) is 0 Å². The fraction of sp³-hybridized carbons (Fsp3) is 0.357. The van der Waals surface area contributed by atoms with Crippen LogP contribution in [0.15, 0.2) is 24.3 Å². The van der Waals surface area contributed by atoms with Crippen LogP contribution in [0.2, 0.25) is 0 Å². The van der Waals surface area contributed by atoms with E-state index >= 15 is 0 Å². The van der Waals surface area contributed by atoms with Gasteiger partial charge in [-0.05, 0) is 42.4 Å². The first-order valence-electron chi connectivity index (χ1n) is 5.68. The normalized spacial score (nSPS) is 15.6. The Hall–Kier alpha value is -1.57. The van der Waals surface area contributed by atoms with E-state index in [0.717, 1.165) is 5.56 Å². The minimum Gasteiger partial charge on any atom is -0.481 e. The minimum absolute atomic E-state index is 0.141. The van der Waals surface area contributed by atoms with E-state index < -0.39 is 5.97 Å². The largest absolute Gasteiger partial charge is 0.481 e. The van der Waals surface area contributed by atoms with Crippen LogP contribution in [0.4, 0.5) is 0 Å². The molecule has 0 spiro atoms. The molecule has 2 nitrogen and oxygen atoms in total. The average Bonchev–Trinajstić information content (AvgIpc) is 3.03. The number of benzene rings is 1. The van der Waals surface area contributed by atoms with Crippen LogP contribution in [0.5, 0.6) is 0 Å². The van der Waals surface area contributed by atoms with Gasteiger partial charge in [-0.25, -0.2) is 0 Å². The van der Waals surface area contributed by atoms with Gasteiger partial charge in [-0.2, -0.15) is 0 Å². The molecule has 0 unspecified atom stereocenters. The van der Waals surface area contributed by atoms with Crippen LogP contribution in [-0.2, 0) is 11.2 Å². The zero-order valence-electron chi connectivity index (χ0n) is 9.44. The third-order valence-electron chi connectivity index (χ3n) is 2.89. The highest BCUT2D eigenvalue weighted by atomic mass is 16.4. The molecule has 1 aliphatic carbocycles. The Balaban J connectivity index is 2.33. The van der Waals surface area contributed by atoms with Crippen LogP contribution in [0.25, 0.3) is 6.08 Å². The molecule has 0 heterocycles. The van der Waals surface area contributed by atoms with Crippen molar-refractivity contribution < 1.29 is 9.90 Å². The summed E-state index contributed by atoms with van der Waals surface area (Å²) in [6, 6.07) is 6.08. The summed E-state index contributed by atoms with van der Waals surface area (Å²) in [5, 5.41) is 8.85. The van der Waals surface area contributed by atoms with Crippen molar-refractivity contribution in [3.8, 4) is 0 Å². The quantitative estimate of drug-likeness (QED) is 0.839. The summed E-state index contributed by atoms with van der Waals surface area (Å²) in [6.07, 6.45) is 6.60. The topological polar surface area (TPSA) is 37.3 Å². The maximum absolute atomic E-state index is 10.8. The molecule has 1 aliphatic rings. The monoisotopic (exact) mass is 216 g/mol. The number of allylic oxidation sites excluding steroid dienone is 1. The molecule has 1 saturated carbocycles. The summed E-state index contributed by atoms with van der Waals surface area (Å²) >= 11 is 0. The fourth-order valence-corrected chi connectivity index (χ4v) is 2.01. The molecule has 0 amide bonds. The SMILES string of the molecule is C/C=C/c1ccc(CC(=O)O)c(C2CC2)c1. The van der Waals surface area contributed by atoms with Gasteiger partial charge in [0.25, 0.3) is 0 Å². The maximum atomic E-state index is 10.8. The van der Waals surface area contributed by atoms with Gasteiger partial charge < -0.3 is 5.11 Å². The number of aliphatic carboxylic acids is 1. The molecular formula is C14H16O2. The molecule has 1 fully saturated rings. The first-order valence-corrected chi connectivity index (χ1v) is 5.68. The molecule has 0 radical (unpaired) electrons. The van der Waals surface area contributed by atoms with Crippen molar-refractivity contribution in [1.29, 1.82) is 0 Å². The van der Waals surface area contributed by atoms with Gasteiger partial charge in [0.1, 0.15) is 0 Å². The molecule has 16 heavy (non-hydrogen) atoms. The second-order valence-electron chi connectivity index (χ2n) is 4.30. The predicted molar refractivity (Wildman–Crippen MR) is 64.5 cm³/mol. The molecule has 2 rings (SSSR count). The van der Waals surface area contributed by atoms with Gasteiger partial charge >= 0.3 is 5.97 Å². The van der Waals surface area contributed by atoms with Crippen LogP contribution in [0.1, 0.15) is 42.4 Å². The molecule has 84 valence electrons. The predicted octanol–water partition coefficient (Wildman–Crippen LogP) is 3.22. The highest BCUT2D eigenvalue weighted by Crippen LogP contribution is 2.42. The molecule has 0 aromatic heterocycles. The van der Waals surface area contributed by atoms with Crippen molar-refractivity contribution in [3.63, 3.8) is 0 Å². The zero-order chi connectivity index (χ0) is 11.5. The van der Waals surface area contributed by atoms with Crippen LogP contribution in [-0.4, -0.2) is 11.1 Å². The number of rotatable bonds is 4. The Morgan fingerprint density at radius 1 is 1.50 bits per heavy atom. The minimum atomic E-state index is -0.749. The summed E-state index contributed by atoms with van der Waals surface area (Å²) in [5.74, 6) is -0.153. The van der Waals surface area contributed by atoms with Crippen LogP contribution >= 0.6 is 0 Å². The lowest BCUT2D eigenvalue weighted by Crippen LogP contribution is -2.03. The van der Waals surface area contributed by atoms with Gasteiger partial charge in [-0.1, -0.05) is 30.4 Å². The number of hydrogen-bond acceptors (Lipinski definition) is 1. The fourth-order valence-electron chi connectivity index (χ4n) is 2.01. The number of carboxylic acid groups (broad SMARTS) is 1.